The molecule has 0 saturated heterocycles. The second-order valence-electron chi connectivity index (χ2n) is 6.00. The molecule has 3 rings (SSSR count). The number of anilines is 2. The van der Waals surface area contributed by atoms with Crippen LogP contribution in [-0.4, -0.2) is 28.7 Å². The van der Waals surface area contributed by atoms with Crippen LogP contribution in [0.2, 0.25) is 0 Å². The molecule has 0 spiro atoms. The molecule has 2 aromatic rings. The molecule has 0 radical (unpaired) electrons. The predicted octanol–water partition coefficient (Wildman–Crippen LogP) is 4.15. The van der Waals surface area contributed by atoms with Gasteiger partial charge in [-0.05, 0) is 60.3 Å². The van der Waals surface area contributed by atoms with Gasteiger partial charge in [0.05, 0.1) is 18.0 Å². The van der Waals surface area contributed by atoms with Crippen LogP contribution in [0, 0.1) is 13.8 Å². The largest absolute Gasteiger partial charge is 0.461 e. The van der Waals surface area contributed by atoms with Gasteiger partial charge >= 0.3 is 5.97 Å². The van der Waals surface area contributed by atoms with Crippen molar-refractivity contribution in [3.05, 3.63) is 39.1 Å². The minimum absolute atomic E-state index is 0.283. The number of rotatable bonds is 4. The monoisotopic (exact) mass is 391 g/mol. The Labute approximate surface area is 150 Å². The smallest absolute Gasteiger partial charge is 0.356 e. The van der Waals surface area contributed by atoms with Gasteiger partial charge in [-0.25, -0.2) is 9.78 Å². The Morgan fingerprint density at radius 1 is 1.29 bits per heavy atom. The molecule has 0 fully saturated rings. The van der Waals surface area contributed by atoms with E-state index in [4.69, 9.17) is 9.72 Å². The molecule has 1 aromatic carbocycles. The molecular weight excluding hydrogens is 370 g/mol. The lowest BCUT2D eigenvalue weighted by Crippen LogP contribution is -2.17. The Morgan fingerprint density at radius 3 is 2.67 bits per heavy atom. The number of carbonyl (C=O) groups excluding carboxylic acids is 1. The highest BCUT2D eigenvalue weighted by Crippen LogP contribution is 2.39. The van der Waals surface area contributed by atoms with Gasteiger partial charge in [-0.3, -0.25) is 0 Å². The maximum Gasteiger partial charge on any atom is 0.356 e. The number of carbonyl (C=O) groups is 1. The molecule has 1 aromatic heterocycles. The maximum absolute atomic E-state index is 12.4. The van der Waals surface area contributed by atoms with Crippen molar-refractivity contribution in [2.75, 3.05) is 18.1 Å². The van der Waals surface area contributed by atoms with Crippen molar-refractivity contribution < 1.29 is 9.53 Å². The lowest BCUT2D eigenvalue weighted by atomic mass is 10.1. The molecule has 0 N–H and O–H groups in total. The van der Waals surface area contributed by atoms with Crippen LogP contribution in [0.1, 0.15) is 41.2 Å². The van der Waals surface area contributed by atoms with E-state index in [1.54, 1.807) is 0 Å². The van der Waals surface area contributed by atoms with Crippen molar-refractivity contribution in [1.82, 2.24) is 9.55 Å². The van der Waals surface area contributed by atoms with Crippen molar-refractivity contribution in [3.8, 4) is 0 Å². The number of esters is 1. The second kappa shape index (κ2) is 6.59. The molecule has 1 aliphatic heterocycles. The summed E-state index contributed by atoms with van der Waals surface area (Å²) in [6.07, 6.45) is 0.704. The van der Waals surface area contributed by atoms with Crippen LogP contribution in [-0.2, 0) is 17.7 Å². The topological polar surface area (TPSA) is 47.4 Å². The zero-order valence-corrected chi connectivity index (χ0v) is 16.1. The molecule has 2 heterocycles. The van der Waals surface area contributed by atoms with E-state index in [-0.39, 0.29) is 5.97 Å². The highest BCUT2D eigenvalue weighted by molar-refractivity contribution is 9.10. The van der Waals surface area contributed by atoms with E-state index >= 15 is 0 Å². The first-order valence-corrected chi connectivity index (χ1v) is 9.08. The maximum atomic E-state index is 12.4. The average molecular weight is 392 g/mol. The molecular formula is C18H22BrN3O2. The standard InChI is InChI=1S/C18H22BrN3O2/c1-5-14-16(17(23)24-6-2)22-8-7-21(18(22)20-14)15-12(4)9-11(3)10-13(15)19/h9-10H,5-8H2,1-4H3. The van der Waals surface area contributed by atoms with Crippen molar-refractivity contribution in [2.24, 2.45) is 0 Å². The van der Waals surface area contributed by atoms with E-state index in [1.165, 1.54) is 11.1 Å². The van der Waals surface area contributed by atoms with Gasteiger partial charge in [0.15, 0.2) is 5.69 Å². The summed E-state index contributed by atoms with van der Waals surface area (Å²) in [5.41, 5.74) is 4.91. The van der Waals surface area contributed by atoms with Crippen LogP contribution in [0.4, 0.5) is 11.6 Å². The first-order chi connectivity index (χ1) is 11.5. The van der Waals surface area contributed by atoms with E-state index in [2.05, 4.69) is 46.8 Å². The van der Waals surface area contributed by atoms with Crippen molar-refractivity contribution in [1.29, 1.82) is 0 Å². The molecule has 0 atom stereocenters. The number of aromatic nitrogens is 2. The quantitative estimate of drug-likeness (QED) is 0.734. The van der Waals surface area contributed by atoms with Gasteiger partial charge in [0.1, 0.15) is 0 Å². The van der Waals surface area contributed by atoms with E-state index in [0.717, 1.165) is 34.9 Å². The molecule has 0 saturated carbocycles. The zero-order chi connectivity index (χ0) is 17.4. The third-order valence-electron chi connectivity index (χ3n) is 4.28. The van der Waals surface area contributed by atoms with Gasteiger partial charge in [-0.1, -0.05) is 13.0 Å². The van der Waals surface area contributed by atoms with Gasteiger partial charge < -0.3 is 14.2 Å². The molecule has 0 unspecified atom stereocenters. The summed E-state index contributed by atoms with van der Waals surface area (Å²) in [6, 6.07) is 4.28. The first-order valence-electron chi connectivity index (χ1n) is 8.28. The van der Waals surface area contributed by atoms with Crippen LogP contribution < -0.4 is 4.90 Å². The Hall–Kier alpha value is -1.82. The number of aryl methyl sites for hydroxylation is 3. The Morgan fingerprint density at radius 2 is 2.04 bits per heavy atom. The molecule has 1 aliphatic rings. The fraction of sp³-hybridized carbons (Fsp3) is 0.444. The number of hydrogen-bond acceptors (Lipinski definition) is 4. The summed E-state index contributed by atoms with van der Waals surface area (Å²) in [5, 5.41) is 0. The molecule has 0 amide bonds. The summed E-state index contributed by atoms with van der Waals surface area (Å²) in [6.45, 7) is 9.92. The number of hydrogen-bond donors (Lipinski definition) is 0. The molecule has 6 heteroatoms. The van der Waals surface area contributed by atoms with Gasteiger partial charge in [0, 0.05) is 17.6 Å². The van der Waals surface area contributed by atoms with Gasteiger partial charge in [-0.15, -0.1) is 0 Å². The lowest BCUT2D eigenvalue weighted by molar-refractivity contribution is 0.0513. The van der Waals surface area contributed by atoms with E-state index in [1.807, 2.05) is 18.4 Å². The van der Waals surface area contributed by atoms with E-state index in [0.29, 0.717) is 18.7 Å². The fourth-order valence-electron chi connectivity index (χ4n) is 3.34. The third-order valence-corrected chi connectivity index (χ3v) is 4.88. The van der Waals surface area contributed by atoms with E-state index in [9.17, 15) is 4.79 Å². The van der Waals surface area contributed by atoms with Crippen LogP contribution >= 0.6 is 15.9 Å². The Bertz CT molecular complexity index is 775. The predicted molar refractivity (Wildman–Crippen MR) is 98.2 cm³/mol. The third kappa shape index (κ3) is 2.73. The summed E-state index contributed by atoms with van der Waals surface area (Å²) in [4.78, 5) is 19.3. The van der Waals surface area contributed by atoms with Gasteiger partial charge in [-0.2, -0.15) is 0 Å². The van der Waals surface area contributed by atoms with Crippen molar-refractivity contribution in [2.45, 2.75) is 40.7 Å². The molecule has 24 heavy (non-hydrogen) atoms. The molecule has 128 valence electrons. The van der Waals surface area contributed by atoms with Crippen LogP contribution in [0.25, 0.3) is 0 Å². The number of benzene rings is 1. The molecule has 0 aliphatic carbocycles. The number of imidazole rings is 1. The fourth-order valence-corrected chi connectivity index (χ4v) is 4.23. The number of nitrogens with zero attached hydrogens (tertiary/aromatic N) is 3. The van der Waals surface area contributed by atoms with Crippen molar-refractivity contribution in [3.63, 3.8) is 0 Å². The summed E-state index contributed by atoms with van der Waals surface area (Å²) >= 11 is 3.69. The summed E-state index contributed by atoms with van der Waals surface area (Å²) in [5.74, 6) is 0.539. The zero-order valence-electron chi connectivity index (χ0n) is 14.5. The normalized spacial score (nSPS) is 13.3. The van der Waals surface area contributed by atoms with Gasteiger partial charge in [0.25, 0.3) is 0 Å². The summed E-state index contributed by atoms with van der Waals surface area (Å²) < 4.78 is 8.27. The first kappa shape index (κ1) is 17.0. The van der Waals surface area contributed by atoms with Crippen LogP contribution in [0.3, 0.4) is 0 Å². The SMILES string of the molecule is CCOC(=O)c1c(CC)nc2n1CCN2c1c(C)cc(C)cc1Br. The van der Waals surface area contributed by atoms with E-state index < -0.39 is 0 Å². The highest BCUT2D eigenvalue weighted by Gasteiger charge is 2.32. The minimum atomic E-state index is -0.283. The molecule has 5 nitrogen and oxygen atoms in total. The number of halogens is 1. The highest BCUT2D eigenvalue weighted by atomic mass is 79.9. The summed E-state index contributed by atoms with van der Waals surface area (Å²) in [7, 11) is 0. The van der Waals surface area contributed by atoms with Crippen LogP contribution in [0.15, 0.2) is 16.6 Å². The number of fused-ring (bicyclic) bond motifs is 1. The van der Waals surface area contributed by atoms with Crippen LogP contribution in [0.5, 0.6) is 0 Å². The average Bonchev–Trinajstić information content (AvgIpc) is 3.05. The van der Waals surface area contributed by atoms with Gasteiger partial charge in [0.2, 0.25) is 5.95 Å². The Balaban J connectivity index is 2.09. The Kier molecular flexibility index (Phi) is 4.67. The van der Waals surface area contributed by atoms with Crippen molar-refractivity contribution >= 4 is 33.5 Å². The second-order valence-corrected chi connectivity index (χ2v) is 6.85. The minimum Gasteiger partial charge on any atom is -0.461 e. The lowest BCUT2D eigenvalue weighted by Gasteiger charge is -2.21. The molecule has 0 bridgehead atoms. The number of ether oxygens (including phenoxy) is 1.